The molecule has 2 atom stereocenters. The summed E-state index contributed by atoms with van der Waals surface area (Å²) in [6, 6.07) is 0.584. The van der Waals surface area contributed by atoms with Crippen molar-refractivity contribution in [3.05, 3.63) is 0 Å². The van der Waals surface area contributed by atoms with E-state index in [-0.39, 0.29) is 19.3 Å². The third-order valence-corrected chi connectivity index (χ3v) is 3.26. The number of aliphatic hydroxyl groups excluding tert-OH is 2. The molecule has 0 amide bonds. The van der Waals surface area contributed by atoms with Gasteiger partial charge in [0.15, 0.2) is 0 Å². The van der Waals surface area contributed by atoms with Crippen molar-refractivity contribution in [3.8, 4) is 0 Å². The van der Waals surface area contributed by atoms with Crippen LogP contribution in [0.25, 0.3) is 0 Å². The molecule has 4 heteroatoms. The van der Waals surface area contributed by atoms with Crippen LogP contribution in [-0.4, -0.2) is 60.0 Å². The van der Waals surface area contributed by atoms with Gasteiger partial charge in [0.1, 0.15) is 0 Å². The summed E-state index contributed by atoms with van der Waals surface area (Å²) in [7, 11) is 0. The number of nitrogens with zero attached hydrogens (tertiary/aromatic N) is 1. The molecule has 0 bridgehead atoms. The highest BCUT2D eigenvalue weighted by Gasteiger charge is 2.22. The predicted octanol–water partition coefficient (Wildman–Crippen LogP) is -0.196. The van der Waals surface area contributed by atoms with Crippen molar-refractivity contribution < 1.29 is 10.2 Å². The van der Waals surface area contributed by atoms with Crippen LogP contribution in [0.15, 0.2) is 0 Å². The number of rotatable bonds is 7. The first-order chi connectivity index (χ1) is 7.31. The molecule has 0 aromatic carbocycles. The summed E-state index contributed by atoms with van der Waals surface area (Å²) >= 11 is 0. The second-order valence-corrected chi connectivity index (χ2v) is 4.26. The lowest BCUT2D eigenvalue weighted by atomic mass is 10.2. The number of nitrogens with one attached hydrogen (secondary N) is 1. The Kier molecular flexibility index (Phi) is 6.17. The van der Waals surface area contributed by atoms with E-state index in [1.54, 1.807) is 0 Å². The molecule has 0 saturated carbocycles. The lowest BCUT2D eigenvalue weighted by Crippen LogP contribution is -2.41. The van der Waals surface area contributed by atoms with Gasteiger partial charge in [0.05, 0.1) is 13.2 Å². The van der Waals surface area contributed by atoms with E-state index in [1.165, 1.54) is 6.42 Å². The van der Waals surface area contributed by atoms with Crippen molar-refractivity contribution >= 4 is 0 Å². The minimum absolute atomic E-state index is 0.208. The summed E-state index contributed by atoms with van der Waals surface area (Å²) < 4.78 is 0. The van der Waals surface area contributed by atoms with E-state index in [0.717, 1.165) is 32.5 Å². The van der Waals surface area contributed by atoms with Gasteiger partial charge in [0.25, 0.3) is 0 Å². The van der Waals surface area contributed by atoms with Gasteiger partial charge in [0, 0.05) is 25.2 Å². The zero-order valence-electron chi connectivity index (χ0n) is 9.65. The number of aliphatic hydroxyl groups is 2. The molecule has 0 aliphatic carbocycles. The molecule has 0 aromatic heterocycles. The molecule has 0 spiro atoms. The monoisotopic (exact) mass is 216 g/mol. The van der Waals surface area contributed by atoms with Gasteiger partial charge in [0.2, 0.25) is 0 Å². The summed E-state index contributed by atoms with van der Waals surface area (Å²) in [5.41, 5.74) is 0. The van der Waals surface area contributed by atoms with Gasteiger partial charge in [-0.3, -0.25) is 4.90 Å². The van der Waals surface area contributed by atoms with Gasteiger partial charge in [-0.25, -0.2) is 0 Å². The highest BCUT2D eigenvalue weighted by Crippen LogP contribution is 2.15. The van der Waals surface area contributed by atoms with Crippen LogP contribution in [0.4, 0.5) is 0 Å². The Morgan fingerprint density at radius 3 is 2.87 bits per heavy atom. The predicted molar refractivity (Wildman–Crippen MR) is 60.8 cm³/mol. The third-order valence-electron chi connectivity index (χ3n) is 3.26. The second kappa shape index (κ2) is 7.17. The van der Waals surface area contributed by atoms with E-state index in [1.807, 2.05) is 0 Å². The molecular weight excluding hydrogens is 192 g/mol. The minimum Gasteiger partial charge on any atom is -0.395 e. The summed E-state index contributed by atoms with van der Waals surface area (Å²) in [4.78, 5) is 2.33. The molecule has 0 radical (unpaired) electrons. The van der Waals surface area contributed by atoms with Crippen LogP contribution in [0.2, 0.25) is 0 Å². The summed E-state index contributed by atoms with van der Waals surface area (Å²) in [5.74, 6) is 0. The van der Waals surface area contributed by atoms with Gasteiger partial charge in [-0.05, 0) is 25.8 Å². The Hall–Kier alpha value is -0.160. The maximum absolute atomic E-state index is 9.14. The van der Waals surface area contributed by atoms with Crippen molar-refractivity contribution in [2.45, 2.75) is 38.3 Å². The number of likely N-dealkylation sites (tertiary alicyclic amines) is 1. The number of hydrogen-bond donors (Lipinski definition) is 3. The van der Waals surface area contributed by atoms with Crippen LogP contribution >= 0.6 is 0 Å². The Bertz CT molecular complexity index is 163. The second-order valence-electron chi connectivity index (χ2n) is 4.26. The van der Waals surface area contributed by atoms with Gasteiger partial charge in [-0.2, -0.15) is 0 Å². The molecule has 90 valence electrons. The van der Waals surface area contributed by atoms with E-state index in [2.05, 4.69) is 17.1 Å². The molecule has 0 aromatic rings. The summed E-state index contributed by atoms with van der Waals surface area (Å²) in [6.45, 7) is 5.53. The maximum Gasteiger partial charge on any atom is 0.0586 e. The van der Waals surface area contributed by atoms with Gasteiger partial charge in [-0.1, -0.05) is 6.92 Å². The molecule has 15 heavy (non-hydrogen) atoms. The highest BCUT2D eigenvalue weighted by atomic mass is 16.3. The van der Waals surface area contributed by atoms with E-state index in [9.17, 15) is 0 Å². The molecule has 1 heterocycles. The van der Waals surface area contributed by atoms with E-state index >= 15 is 0 Å². The fourth-order valence-corrected chi connectivity index (χ4v) is 2.15. The first kappa shape index (κ1) is 12.9. The minimum atomic E-state index is 0.208. The van der Waals surface area contributed by atoms with Crippen LogP contribution in [-0.2, 0) is 0 Å². The standard InChI is InChI=1S/C11H24N2O2/c1-2-10(8-14)12-5-7-13-6-3-4-11(13)9-15/h10-12,14-15H,2-9H2,1H3/t10-,11-/m0/s1. The molecule has 1 aliphatic rings. The molecule has 0 unspecified atom stereocenters. The Balaban J connectivity index is 2.13. The van der Waals surface area contributed by atoms with Crippen LogP contribution < -0.4 is 5.32 Å². The Morgan fingerprint density at radius 2 is 2.27 bits per heavy atom. The van der Waals surface area contributed by atoms with Crippen LogP contribution in [0, 0.1) is 0 Å². The average molecular weight is 216 g/mol. The van der Waals surface area contributed by atoms with Crippen LogP contribution in [0.3, 0.4) is 0 Å². The fourth-order valence-electron chi connectivity index (χ4n) is 2.15. The van der Waals surface area contributed by atoms with Gasteiger partial charge < -0.3 is 15.5 Å². The largest absolute Gasteiger partial charge is 0.395 e. The SMILES string of the molecule is CC[C@@H](CO)NCCN1CCC[C@H]1CO. The zero-order valence-corrected chi connectivity index (χ0v) is 9.65. The van der Waals surface area contributed by atoms with E-state index in [4.69, 9.17) is 10.2 Å². The smallest absolute Gasteiger partial charge is 0.0586 e. The van der Waals surface area contributed by atoms with Gasteiger partial charge in [-0.15, -0.1) is 0 Å². The van der Waals surface area contributed by atoms with Crippen LogP contribution in [0.5, 0.6) is 0 Å². The Labute approximate surface area is 92.3 Å². The summed E-state index contributed by atoms with van der Waals surface area (Å²) in [6.07, 6.45) is 3.27. The Morgan fingerprint density at radius 1 is 1.47 bits per heavy atom. The van der Waals surface area contributed by atoms with Crippen molar-refractivity contribution in [2.24, 2.45) is 0 Å². The highest BCUT2D eigenvalue weighted by molar-refractivity contribution is 4.79. The van der Waals surface area contributed by atoms with Crippen LogP contribution in [0.1, 0.15) is 26.2 Å². The normalized spacial score (nSPS) is 24.6. The molecular formula is C11H24N2O2. The van der Waals surface area contributed by atoms with Crippen molar-refractivity contribution in [1.29, 1.82) is 0 Å². The maximum atomic E-state index is 9.14. The first-order valence-corrected chi connectivity index (χ1v) is 6.01. The first-order valence-electron chi connectivity index (χ1n) is 6.01. The van der Waals surface area contributed by atoms with Gasteiger partial charge >= 0.3 is 0 Å². The van der Waals surface area contributed by atoms with Crippen molar-refractivity contribution in [1.82, 2.24) is 10.2 Å². The quantitative estimate of drug-likeness (QED) is 0.552. The zero-order chi connectivity index (χ0) is 11.1. The third kappa shape index (κ3) is 4.07. The molecule has 3 N–H and O–H groups in total. The van der Waals surface area contributed by atoms with Crippen molar-refractivity contribution in [3.63, 3.8) is 0 Å². The lowest BCUT2D eigenvalue weighted by molar-refractivity contribution is 0.155. The topological polar surface area (TPSA) is 55.7 Å². The molecule has 1 saturated heterocycles. The molecule has 1 aliphatic heterocycles. The molecule has 1 rings (SSSR count). The average Bonchev–Trinajstić information content (AvgIpc) is 2.72. The lowest BCUT2D eigenvalue weighted by Gasteiger charge is -2.24. The molecule has 1 fully saturated rings. The van der Waals surface area contributed by atoms with Crippen molar-refractivity contribution in [2.75, 3.05) is 32.8 Å². The fraction of sp³-hybridized carbons (Fsp3) is 1.00. The number of hydrogen-bond acceptors (Lipinski definition) is 4. The summed E-state index contributed by atoms with van der Waals surface area (Å²) in [5, 5.41) is 21.5. The molecule has 4 nitrogen and oxygen atoms in total. The van der Waals surface area contributed by atoms with E-state index < -0.39 is 0 Å². The van der Waals surface area contributed by atoms with E-state index in [0.29, 0.717) is 6.04 Å².